The first-order valence-electron chi connectivity index (χ1n) is 6.71. The van der Waals surface area contributed by atoms with Crippen LogP contribution >= 0.6 is 0 Å². The second kappa shape index (κ2) is 5.41. The SMILES string of the molecule is O=C(NC[C@H]1CCCO1)c1ccc2ccccc2c1. The molecule has 98 valence electrons. The van der Waals surface area contributed by atoms with E-state index < -0.39 is 0 Å². The average Bonchev–Trinajstić information content (AvgIpc) is 2.97. The third-order valence-corrected chi connectivity index (χ3v) is 3.53. The molecule has 1 fully saturated rings. The van der Waals surface area contributed by atoms with Gasteiger partial charge in [-0.3, -0.25) is 4.79 Å². The van der Waals surface area contributed by atoms with Gasteiger partial charge in [0.1, 0.15) is 0 Å². The van der Waals surface area contributed by atoms with Crippen molar-refractivity contribution in [2.45, 2.75) is 18.9 Å². The minimum Gasteiger partial charge on any atom is -0.376 e. The van der Waals surface area contributed by atoms with Crippen molar-refractivity contribution in [3.63, 3.8) is 0 Å². The van der Waals surface area contributed by atoms with Crippen LogP contribution in [0.5, 0.6) is 0 Å². The Morgan fingerprint density at radius 1 is 1.21 bits per heavy atom. The molecule has 2 aromatic carbocycles. The minimum atomic E-state index is -0.0266. The van der Waals surface area contributed by atoms with E-state index >= 15 is 0 Å². The highest BCUT2D eigenvalue weighted by Gasteiger charge is 2.16. The fourth-order valence-electron chi connectivity index (χ4n) is 2.44. The van der Waals surface area contributed by atoms with Gasteiger partial charge in [-0.2, -0.15) is 0 Å². The Bertz CT molecular complexity index is 588. The minimum absolute atomic E-state index is 0.0266. The van der Waals surface area contributed by atoms with Gasteiger partial charge in [0, 0.05) is 18.7 Å². The largest absolute Gasteiger partial charge is 0.376 e. The molecule has 1 aliphatic heterocycles. The molecule has 0 aliphatic carbocycles. The number of carbonyl (C=O) groups is 1. The molecule has 3 rings (SSSR count). The molecule has 0 saturated carbocycles. The Morgan fingerprint density at radius 2 is 2.05 bits per heavy atom. The molecule has 1 aliphatic rings. The van der Waals surface area contributed by atoms with Crippen molar-refractivity contribution in [1.29, 1.82) is 0 Å². The zero-order valence-corrected chi connectivity index (χ0v) is 10.8. The summed E-state index contributed by atoms with van der Waals surface area (Å²) in [5, 5.41) is 5.18. The van der Waals surface area contributed by atoms with Gasteiger partial charge in [-0.15, -0.1) is 0 Å². The van der Waals surface area contributed by atoms with Crippen LogP contribution in [-0.4, -0.2) is 25.2 Å². The van der Waals surface area contributed by atoms with E-state index in [0.29, 0.717) is 12.1 Å². The predicted octanol–water partition coefficient (Wildman–Crippen LogP) is 2.75. The van der Waals surface area contributed by atoms with E-state index in [1.807, 2.05) is 42.5 Å². The van der Waals surface area contributed by atoms with Crippen LogP contribution in [0.25, 0.3) is 10.8 Å². The Hall–Kier alpha value is -1.87. The van der Waals surface area contributed by atoms with Gasteiger partial charge in [0.15, 0.2) is 0 Å². The van der Waals surface area contributed by atoms with Crippen molar-refractivity contribution in [2.75, 3.05) is 13.2 Å². The molecule has 19 heavy (non-hydrogen) atoms. The van der Waals surface area contributed by atoms with Gasteiger partial charge in [-0.1, -0.05) is 30.3 Å². The molecule has 1 atom stereocenters. The highest BCUT2D eigenvalue weighted by atomic mass is 16.5. The molecule has 0 bridgehead atoms. The molecule has 1 amide bonds. The number of nitrogens with one attached hydrogen (secondary N) is 1. The smallest absolute Gasteiger partial charge is 0.251 e. The van der Waals surface area contributed by atoms with Gasteiger partial charge in [0.25, 0.3) is 5.91 Å². The molecule has 1 saturated heterocycles. The summed E-state index contributed by atoms with van der Waals surface area (Å²) in [6.45, 7) is 1.42. The molecule has 0 aromatic heterocycles. The lowest BCUT2D eigenvalue weighted by atomic mass is 10.1. The number of hydrogen-bond donors (Lipinski definition) is 1. The van der Waals surface area contributed by atoms with Crippen LogP contribution in [-0.2, 0) is 4.74 Å². The summed E-state index contributed by atoms with van der Waals surface area (Å²) in [5.41, 5.74) is 0.705. The van der Waals surface area contributed by atoms with Crippen molar-refractivity contribution in [2.24, 2.45) is 0 Å². The first-order chi connectivity index (χ1) is 9.33. The normalized spacial score (nSPS) is 18.6. The quantitative estimate of drug-likeness (QED) is 0.915. The van der Waals surface area contributed by atoms with Gasteiger partial charge in [-0.25, -0.2) is 0 Å². The number of rotatable bonds is 3. The van der Waals surface area contributed by atoms with Crippen molar-refractivity contribution in [3.8, 4) is 0 Å². The summed E-state index contributed by atoms with van der Waals surface area (Å²) >= 11 is 0. The Morgan fingerprint density at radius 3 is 2.84 bits per heavy atom. The van der Waals surface area contributed by atoms with E-state index in [2.05, 4.69) is 5.32 Å². The molecule has 1 heterocycles. The van der Waals surface area contributed by atoms with Crippen molar-refractivity contribution >= 4 is 16.7 Å². The molecule has 0 spiro atoms. The van der Waals surface area contributed by atoms with Gasteiger partial charge in [0.05, 0.1) is 6.10 Å². The predicted molar refractivity (Wildman–Crippen MR) is 75.3 cm³/mol. The zero-order chi connectivity index (χ0) is 13.1. The molecule has 2 aromatic rings. The summed E-state index contributed by atoms with van der Waals surface area (Å²) < 4.78 is 5.49. The molecule has 0 unspecified atom stereocenters. The number of fused-ring (bicyclic) bond motifs is 1. The summed E-state index contributed by atoms with van der Waals surface area (Å²) in [6.07, 6.45) is 2.32. The number of benzene rings is 2. The molecular weight excluding hydrogens is 238 g/mol. The van der Waals surface area contributed by atoms with Crippen molar-refractivity contribution < 1.29 is 9.53 Å². The summed E-state index contributed by atoms with van der Waals surface area (Å²) in [5.74, 6) is -0.0266. The van der Waals surface area contributed by atoms with Crippen LogP contribution in [0.3, 0.4) is 0 Å². The Kier molecular flexibility index (Phi) is 3.47. The number of ether oxygens (including phenoxy) is 1. The summed E-state index contributed by atoms with van der Waals surface area (Å²) in [4.78, 5) is 12.1. The van der Waals surface area contributed by atoms with E-state index in [1.54, 1.807) is 0 Å². The molecule has 0 radical (unpaired) electrons. The summed E-state index contributed by atoms with van der Waals surface area (Å²) in [6, 6.07) is 13.8. The molecule has 1 N–H and O–H groups in total. The lowest BCUT2D eigenvalue weighted by molar-refractivity contribution is 0.0858. The maximum Gasteiger partial charge on any atom is 0.251 e. The van der Waals surface area contributed by atoms with Gasteiger partial charge in [-0.05, 0) is 35.7 Å². The second-order valence-corrected chi connectivity index (χ2v) is 4.91. The van der Waals surface area contributed by atoms with E-state index in [-0.39, 0.29) is 12.0 Å². The maximum atomic E-state index is 12.1. The lowest BCUT2D eigenvalue weighted by Gasteiger charge is -2.11. The van der Waals surface area contributed by atoms with Gasteiger partial charge in [0.2, 0.25) is 0 Å². The Balaban J connectivity index is 1.70. The molecule has 3 nitrogen and oxygen atoms in total. The van der Waals surface area contributed by atoms with Crippen LogP contribution in [0.15, 0.2) is 42.5 Å². The highest BCUT2D eigenvalue weighted by molar-refractivity contribution is 5.98. The van der Waals surface area contributed by atoms with Crippen LogP contribution in [0, 0.1) is 0 Å². The van der Waals surface area contributed by atoms with Gasteiger partial charge < -0.3 is 10.1 Å². The first kappa shape index (κ1) is 12.2. The van der Waals surface area contributed by atoms with E-state index in [1.165, 1.54) is 0 Å². The molecule has 3 heteroatoms. The average molecular weight is 255 g/mol. The van der Waals surface area contributed by atoms with Crippen molar-refractivity contribution in [1.82, 2.24) is 5.32 Å². The number of amides is 1. The van der Waals surface area contributed by atoms with Gasteiger partial charge >= 0.3 is 0 Å². The van der Waals surface area contributed by atoms with Crippen molar-refractivity contribution in [3.05, 3.63) is 48.0 Å². The number of hydrogen-bond acceptors (Lipinski definition) is 2. The van der Waals surface area contributed by atoms with E-state index in [9.17, 15) is 4.79 Å². The number of carbonyl (C=O) groups excluding carboxylic acids is 1. The van der Waals surface area contributed by atoms with E-state index in [4.69, 9.17) is 4.74 Å². The van der Waals surface area contributed by atoms with Crippen LogP contribution in [0.2, 0.25) is 0 Å². The fraction of sp³-hybridized carbons (Fsp3) is 0.312. The van der Waals surface area contributed by atoms with Crippen LogP contribution < -0.4 is 5.32 Å². The second-order valence-electron chi connectivity index (χ2n) is 4.91. The zero-order valence-electron chi connectivity index (χ0n) is 10.8. The fourth-order valence-corrected chi connectivity index (χ4v) is 2.44. The maximum absolute atomic E-state index is 12.1. The first-order valence-corrected chi connectivity index (χ1v) is 6.71. The highest BCUT2D eigenvalue weighted by Crippen LogP contribution is 2.16. The van der Waals surface area contributed by atoms with Crippen LogP contribution in [0.1, 0.15) is 23.2 Å². The Labute approximate surface area is 112 Å². The third-order valence-electron chi connectivity index (χ3n) is 3.53. The lowest BCUT2D eigenvalue weighted by Crippen LogP contribution is -2.31. The van der Waals surface area contributed by atoms with E-state index in [0.717, 1.165) is 30.2 Å². The topological polar surface area (TPSA) is 38.3 Å². The standard InChI is InChI=1S/C16H17NO2/c18-16(17-11-15-6-3-9-19-15)14-8-7-12-4-1-2-5-13(12)10-14/h1-2,4-5,7-8,10,15H,3,6,9,11H2,(H,17,18)/t15-/m1/s1. The summed E-state index contributed by atoms with van der Waals surface area (Å²) in [7, 11) is 0. The monoisotopic (exact) mass is 255 g/mol. The van der Waals surface area contributed by atoms with Crippen LogP contribution in [0.4, 0.5) is 0 Å². The third kappa shape index (κ3) is 2.76. The molecular formula is C16H17NO2.